The van der Waals surface area contributed by atoms with Gasteiger partial charge in [-0.15, -0.1) is 0 Å². The van der Waals surface area contributed by atoms with Gasteiger partial charge in [-0.25, -0.2) is 0 Å². The number of phenolic OH excluding ortho intramolecular Hbond substituents is 1. The molecule has 0 radical (unpaired) electrons. The van der Waals surface area contributed by atoms with Crippen molar-refractivity contribution in [2.75, 3.05) is 7.11 Å². The van der Waals surface area contributed by atoms with E-state index in [1.165, 1.54) is 7.11 Å². The Morgan fingerprint density at radius 3 is 2.39 bits per heavy atom. The van der Waals surface area contributed by atoms with Gasteiger partial charge in [-0.1, -0.05) is 36.4 Å². The van der Waals surface area contributed by atoms with Crippen LogP contribution in [0.15, 0.2) is 48.5 Å². The fourth-order valence-electron chi connectivity index (χ4n) is 1.67. The molecule has 0 atom stereocenters. The first-order chi connectivity index (χ1) is 8.79. The van der Waals surface area contributed by atoms with Crippen LogP contribution in [-0.2, 0) is 18.0 Å². The van der Waals surface area contributed by atoms with E-state index in [0.29, 0.717) is 19.0 Å². The van der Waals surface area contributed by atoms with Crippen LogP contribution in [0.5, 0.6) is 11.5 Å². The third-order valence-electron chi connectivity index (χ3n) is 2.62. The fraction of sp³-hybridized carbons (Fsp3) is 0.200. The molecule has 0 amide bonds. The van der Waals surface area contributed by atoms with Gasteiger partial charge in [0, 0.05) is 0 Å². The molecule has 94 valence electrons. The number of hydrogen-bond donors (Lipinski definition) is 1. The van der Waals surface area contributed by atoms with Crippen molar-refractivity contribution in [2.45, 2.75) is 13.2 Å². The van der Waals surface area contributed by atoms with Gasteiger partial charge in [0.05, 0.1) is 20.3 Å². The molecule has 0 aromatic heterocycles. The Balaban J connectivity index is 1.91. The Hall–Kier alpha value is -2.00. The second kappa shape index (κ2) is 6.07. The summed E-state index contributed by atoms with van der Waals surface area (Å²) in [7, 11) is 1.53. The first-order valence-electron chi connectivity index (χ1n) is 5.77. The minimum atomic E-state index is 0.143. The van der Waals surface area contributed by atoms with Crippen molar-refractivity contribution in [2.24, 2.45) is 0 Å². The Morgan fingerprint density at radius 2 is 1.67 bits per heavy atom. The highest BCUT2D eigenvalue weighted by molar-refractivity contribution is 5.41. The van der Waals surface area contributed by atoms with Crippen molar-refractivity contribution >= 4 is 0 Å². The summed E-state index contributed by atoms with van der Waals surface area (Å²) < 4.78 is 10.7. The zero-order valence-electron chi connectivity index (χ0n) is 10.3. The molecule has 18 heavy (non-hydrogen) atoms. The number of hydrogen-bond acceptors (Lipinski definition) is 3. The van der Waals surface area contributed by atoms with Crippen molar-refractivity contribution in [3.63, 3.8) is 0 Å². The van der Waals surface area contributed by atoms with E-state index in [4.69, 9.17) is 9.47 Å². The average molecular weight is 244 g/mol. The van der Waals surface area contributed by atoms with Gasteiger partial charge in [-0.05, 0) is 23.3 Å². The van der Waals surface area contributed by atoms with E-state index in [-0.39, 0.29) is 5.75 Å². The van der Waals surface area contributed by atoms with Gasteiger partial charge in [0.15, 0.2) is 11.5 Å². The minimum absolute atomic E-state index is 0.143. The predicted octanol–water partition coefficient (Wildman–Crippen LogP) is 3.12. The summed E-state index contributed by atoms with van der Waals surface area (Å²) in [6.45, 7) is 1.07. The number of phenols is 1. The molecule has 0 fully saturated rings. The molecule has 1 N–H and O–H groups in total. The lowest BCUT2D eigenvalue weighted by molar-refractivity contribution is 0.107. The fourth-order valence-corrected chi connectivity index (χ4v) is 1.67. The van der Waals surface area contributed by atoms with Crippen molar-refractivity contribution in [1.29, 1.82) is 0 Å². The highest BCUT2D eigenvalue weighted by Crippen LogP contribution is 2.26. The average Bonchev–Trinajstić information content (AvgIpc) is 2.42. The summed E-state index contributed by atoms with van der Waals surface area (Å²) >= 11 is 0. The lowest BCUT2D eigenvalue weighted by atomic mass is 10.2. The van der Waals surface area contributed by atoms with E-state index in [2.05, 4.69) is 0 Å². The zero-order valence-corrected chi connectivity index (χ0v) is 10.3. The lowest BCUT2D eigenvalue weighted by Crippen LogP contribution is -1.94. The van der Waals surface area contributed by atoms with Crippen LogP contribution in [0.1, 0.15) is 11.1 Å². The molecule has 0 spiro atoms. The van der Waals surface area contributed by atoms with Crippen LogP contribution in [0.3, 0.4) is 0 Å². The maximum Gasteiger partial charge on any atom is 0.160 e. The third kappa shape index (κ3) is 3.25. The second-order valence-corrected chi connectivity index (χ2v) is 3.98. The first-order valence-corrected chi connectivity index (χ1v) is 5.77. The Labute approximate surface area is 107 Å². The molecule has 2 rings (SSSR count). The molecule has 0 bridgehead atoms. The van der Waals surface area contributed by atoms with Crippen LogP contribution in [0.2, 0.25) is 0 Å². The summed E-state index contributed by atoms with van der Waals surface area (Å²) in [5.74, 6) is 0.611. The van der Waals surface area contributed by atoms with Gasteiger partial charge in [-0.2, -0.15) is 0 Å². The van der Waals surface area contributed by atoms with E-state index in [1.54, 1.807) is 12.1 Å². The quantitative estimate of drug-likeness (QED) is 0.878. The Bertz CT molecular complexity index is 494. The van der Waals surface area contributed by atoms with Gasteiger partial charge in [0.25, 0.3) is 0 Å². The monoisotopic (exact) mass is 244 g/mol. The maximum absolute atomic E-state index is 9.47. The summed E-state index contributed by atoms with van der Waals surface area (Å²) in [6, 6.07) is 15.2. The smallest absolute Gasteiger partial charge is 0.160 e. The van der Waals surface area contributed by atoms with Gasteiger partial charge in [0.1, 0.15) is 0 Å². The van der Waals surface area contributed by atoms with Crippen LogP contribution in [0.4, 0.5) is 0 Å². The summed E-state index contributed by atoms with van der Waals surface area (Å²) in [4.78, 5) is 0. The molecule has 0 heterocycles. The normalized spacial score (nSPS) is 10.3. The van der Waals surface area contributed by atoms with Crippen LogP contribution >= 0.6 is 0 Å². The second-order valence-electron chi connectivity index (χ2n) is 3.98. The summed E-state index contributed by atoms with van der Waals surface area (Å²) in [5.41, 5.74) is 2.11. The minimum Gasteiger partial charge on any atom is -0.504 e. The largest absolute Gasteiger partial charge is 0.504 e. The topological polar surface area (TPSA) is 38.7 Å². The highest BCUT2D eigenvalue weighted by Gasteiger charge is 2.02. The molecule has 0 saturated heterocycles. The van der Waals surface area contributed by atoms with Gasteiger partial charge in [0.2, 0.25) is 0 Å². The molecular weight excluding hydrogens is 228 g/mol. The third-order valence-corrected chi connectivity index (χ3v) is 2.62. The number of aromatic hydroxyl groups is 1. The predicted molar refractivity (Wildman–Crippen MR) is 69.6 cm³/mol. The molecule has 0 unspecified atom stereocenters. The van der Waals surface area contributed by atoms with Gasteiger partial charge in [-0.3, -0.25) is 0 Å². The van der Waals surface area contributed by atoms with Crippen LogP contribution < -0.4 is 4.74 Å². The zero-order chi connectivity index (χ0) is 12.8. The Morgan fingerprint density at radius 1 is 0.944 bits per heavy atom. The highest BCUT2D eigenvalue weighted by atomic mass is 16.5. The molecule has 0 aliphatic carbocycles. The van der Waals surface area contributed by atoms with Crippen LogP contribution in [0, 0.1) is 0 Å². The molecule has 0 aliphatic heterocycles. The summed E-state index contributed by atoms with van der Waals surface area (Å²) in [6.07, 6.45) is 0. The van der Waals surface area contributed by atoms with Crippen molar-refractivity contribution in [1.82, 2.24) is 0 Å². The van der Waals surface area contributed by atoms with E-state index < -0.39 is 0 Å². The van der Waals surface area contributed by atoms with E-state index in [9.17, 15) is 5.11 Å². The van der Waals surface area contributed by atoms with Crippen molar-refractivity contribution < 1.29 is 14.6 Å². The molecule has 0 aliphatic rings. The van der Waals surface area contributed by atoms with Crippen LogP contribution in [-0.4, -0.2) is 12.2 Å². The van der Waals surface area contributed by atoms with Crippen molar-refractivity contribution in [3.05, 3.63) is 59.7 Å². The number of ether oxygens (including phenoxy) is 2. The number of rotatable bonds is 5. The Kier molecular flexibility index (Phi) is 4.20. The SMILES string of the molecule is COc1cc(COCc2ccccc2)ccc1O. The molecule has 3 nitrogen and oxygen atoms in total. The number of methoxy groups -OCH3 is 1. The standard InChI is InChI=1S/C15H16O3/c1-17-15-9-13(7-8-14(15)16)11-18-10-12-5-3-2-4-6-12/h2-9,16H,10-11H2,1H3. The molecule has 2 aromatic rings. The molecule has 2 aromatic carbocycles. The summed E-state index contributed by atoms with van der Waals surface area (Å²) in [5, 5.41) is 9.47. The molecule has 3 heteroatoms. The number of benzene rings is 2. The van der Waals surface area contributed by atoms with E-state index in [1.807, 2.05) is 36.4 Å². The maximum atomic E-state index is 9.47. The van der Waals surface area contributed by atoms with Crippen LogP contribution in [0.25, 0.3) is 0 Å². The van der Waals surface area contributed by atoms with Crippen molar-refractivity contribution in [3.8, 4) is 11.5 Å². The van der Waals surface area contributed by atoms with Gasteiger partial charge >= 0.3 is 0 Å². The van der Waals surface area contributed by atoms with E-state index in [0.717, 1.165) is 11.1 Å². The van der Waals surface area contributed by atoms with E-state index >= 15 is 0 Å². The lowest BCUT2D eigenvalue weighted by Gasteiger charge is -2.07. The van der Waals surface area contributed by atoms with Gasteiger partial charge < -0.3 is 14.6 Å². The molecular formula is C15H16O3. The molecule has 0 saturated carbocycles. The first kappa shape index (κ1) is 12.5.